The summed E-state index contributed by atoms with van der Waals surface area (Å²) in [6.07, 6.45) is 0. The van der Waals surface area contributed by atoms with E-state index < -0.39 is 0 Å². The molecule has 0 aliphatic carbocycles. The minimum absolute atomic E-state index is 1.07. The predicted octanol–water partition coefficient (Wildman–Crippen LogP) is 16.8. The molecule has 0 aromatic heterocycles. The summed E-state index contributed by atoms with van der Waals surface area (Å²) in [4.78, 5) is 2.42. The Hall–Kier alpha value is -8.00. The molecule has 0 atom stereocenters. The van der Waals surface area contributed by atoms with E-state index in [1.165, 1.54) is 72.3 Å². The van der Waals surface area contributed by atoms with Gasteiger partial charge in [0.2, 0.25) is 0 Å². The van der Waals surface area contributed by atoms with E-state index in [1.54, 1.807) is 0 Å². The van der Waals surface area contributed by atoms with Crippen molar-refractivity contribution in [1.29, 1.82) is 0 Å². The number of hydrogen-bond donors (Lipinski definition) is 0. The Morgan fingerprint density at radius 3 is 1.02 bits per heavy atom. The van der Waals surface area contributed by atoms with Crippen molar-refractivity contribution < 1.29 is 0 Å². The number of rotatable bonds is 10. The van der Waals surface area contributed by atoms with Gasteiger partial charge in [0.15, 0.2) is 0 Å². The summed E-state index contributed by atoms with van der Waals surface area (Å²) in [5, 5.41) is 0. The lowest BCUT2D eigenvalue weighted by molar-refractivity contribution is 1.28. The van der Waals surface area contributed by atoms with Gasteiger partial charge in [-0.15, -0.1) is 0 Å². The summed E-state index contributed by atoms with van der Waals surface area (Å²) in [6.45, 7) is 0. The number of anilines is 3. The summed E-state index contributed by atoms with van der Waals surface area (Å²) in [7, 11) is 0. The van der Waals surface area contributed by atoms with E-state index in [1.807, 2.05) is 0 Å². The predicted molar refractivity (Wildman–Crippen MR) is 259 cm³/mol. The van der Waals surface area contributed by atoms with E-state index in [4.69, 9.17) is 0 Å². The van der Waals surface area contributed by atoms with Crippen molar-refractivity contribution in [2.45, 2.75) is 0 Å². The summed E-state index contributed by atoms with van der Waals surface area (Å²) in [5.74, 6) is 0. The normalized spacial score (nSPS) is 11.0. The number of benzene rings is 10. The van der Waals surface area contributed by atoms with E-state index in [9.17, 15) is 0 Å². The lowest BCUT2D eigenvalue weighted by Gasteiger charge is -2.29. The summed E-state index contributed by atoms with van der Waals surface area (Å²) in [5.41, 5.74) is 19.9. The first kappa shape index (κ1) is 37.3. The van der Waals surface area contributed by atoms with Crippen molar-refractivity contribution in [3.63, 3.8) is 0 Å². The zero-order valence-electron chi connectivity index (χ0n) is 33.8. The van der Waals surface area contributed by atoms with Gasteiger partial charge in [0.1, 0.15) is 0 Å². The summed E-state index contributed by atoms with van der Waals surface area (Å²) < 4.78 is 0. The molecule has 0 unspecified atom stereocenters. The van der Waals surface area contributed by atoms with Gasteiger partial charge < -0.3 is 4.90 Å². The van der Waals surface area contributed by atoms with E-state index in [0.29, 0.717) is 0 Å². The molecule has 0 saturated carbocycles. The van der Waals surface area contributed by atoms with Gasteiger partial charge in [-0.1, -0.05) is 224 Å². The Morgan fingerprint density at radius 1 is 0.180 bits per heavy atom. The Kier molecular flexibility index (Phi) is 10.4. The van der Waals surface area contributed by atoms with Gasteiger partial charge in [0.05, 0.1) is 0 Å². The second kappa shape index (κ2) is 17.1. The van der Waals surface area contributed by atoms with Crippen LogP contribution in [0, 0.1) is 0 Å². The largest absolute Gasteiger partial charge is 0.310 e. The second-order valence-electron chi connectivity index (χ2n) is 15.3. The van der Waals surface area contributed by atoms with Gasteiger partial charge in [-0.3, -0.25) is 0 Å². The molecule has 0 fully saturated rings. The molecule has 0 spiro atoms. The average molecular weight is 778 g/mol. The van der Waals surface area contributed by atoms with Gasteiger partial charge in [0, 0.05) is 17.1 Å². The molecule has 0 N–H and O–H groups in total. The fourth-order valence-electron chi connectivity index (χ4n) is 8.61. The third-order valence-electron chi connectivity index (χ3n) is 11.5. The van der Waals surface area contributed by atoms with E-state index >= 15 is 0 Å². The minimum atomic E-state index is 1.07. The molecule has 0 radical (unpaired) electrons. The first-order valence-corrected chi connectivity index (χ1v) is 20.9. The van der Waals surface area contributed by atoms with Gasteiger partial charge in [0.25, 0.3) is 0 Å². The highest BCUT2D eigenvalue weighted by Crippen LogP contribution is 2.47. The molecule has 0 aliphatic rings. The van der Waals surface area contributed by atoms with Crippen LogP contribution in [0.4, 0.5) is 17.1 Å². The van der Waals surface area contributed by atoms with E-state index in [2.05, 4.69) is 266 Å². The number of hydrogen-bond acceptors (Lipinski definition) is 1. The van der Waals surface area contributed by atoms with Gasteiger partial charge in [-0.05, 0) is 114 Å². The fraction of sp³-hybridized carbons (Fsp3) is 0. The van der Waals surface area contributed by atoms with Crippen molar-refractivity contribution in [2.75, 3.05) is 4.90 Å². The third kappa shape index (κ3) is 7.69. The van der Waals surface area contributed by atoms with Crippen LogP contribution in [0.5, 0.6) is 0 Å². The molecule has 61 heavy (non-hydrogen) atoms. The Labute approximate surface area is 359 Å². The lowest BCUT2D eigenvalue weighted by atomic mass is 9.86. The smallest absolute Gasteiger partial charge is 0.0474 e. The highest BCUT2D eigenvalue weighted by Gasteiger charge is 2.22. The molecular formula is C60H43N. The minimum Gasteiger partial charge on any atom is -0.310 e. The van der Waals surface area contributed by atoms with Gasteiger partial charge >= 0.3 is 0 Å². The zero-order valence-corrected chi connectivity index (χ0v) is 33.8. The Morgan fingerprint density at radius 2 is 0.541 bits per heavy atom. The third-order valence-corrected chi connectivity index (χ3v) is 11.5. The van der Waals surface area contributed by atoms with Crippen LogP contribution in [0.3, 0.4) is 0 Å². The first-order chi connectivity index (χ1) is 30.3. The van der Waals surface area contributed by atoms with Crippen molar-refractivity contribution in [3.8, 4) is 77.9 Å². The van der Waals surface area contributed by atoms with Crippen molar-refractivity contribution >= 4 is 17.1 Å². The zero-order chi connectivity index (χ0) is 40.8. The molecule has 0 heterocycles. The molecule has 0 aliphatic heterocycles. The standard InChI is InChI=1S/C60H43N/c1-6-21-44(22-7-1)50-31-20-32-52(41-50)61(51-39-37-48(38-40-51)55-34-17-19-36-57(55)56-35-18-16-33-54(56)45-23-8-2-9-24-45)53-42-58(46-25-10-3-11-26-46)60(49-29-14-5-15-30-49)59(43-53)47-27-12-4-13-28-47/h1-43H. The molecular weight excluding hydrogens is 735 g/mol. The van der Waals surface area contributed by atoms with E-state index in [0.717, 1.165) is 22.6 Å². The molecule has 288 valence electrons. The molecule has 1 nitrogen and oxygen atoms in total. The first-order valence-electron chi connectivity index (χ1n) is 20.9. The second-order valence-corrected chi connectivity index (χ2v) is 15.3. The van der Waals surface area contributed by atoms with Crippen LogP contribution >= 0.6 is 0 Å². The van der Waals surface area contributed by atoms with Crippen LogP contribution in [-0.2, 0) is 0 Å². The lowest BCUT2D eigenvalue weighted by Crippen LogP contribution is -2.11. The molecule has 10 aromatic rings. The monoisotopic (exact) mass is 777 g/mol. The van der Waals surface area contributed by atoms with Crippen molar-refractivity contribution in [3.05, 3.63) is 261 Å². The van der Waals surface area contributed by atoms with Crippen molar-refractivity contribution in [1.82, 2.24) is 0 Å². The highest BCUT2D eigenvalue weighted by molar-refractivity contribution is 5.99. The average Bonchev–Trinajstić information content (AvgIpc) is 3.35. The topological polar surface area (TPSA) is 3.24 Å². The van der Waals surface area contributed by atoms with Crippen LogP contribution in [0.2, 0.25) is 0 Å². The molecule has 10 aromatic carbocycles. The SMILES string of the molecule is c1ccc(-c2cccc(N(c3ccc(-c4ccccc4-c4ccccc4-c4ccccc4)cc3)c3cc(-c4ccccc4)c(-c4ccccc4)c(-c4ccccc4)c3)c2)cc1. The number of nitrogens with zero attached hydrogens (tertiary/aromatic N) is 1. The van der Waals surface area contributed by atoms with Crippen molar-refractivity contribution in [2.24, 2.45) is 0 Å². The molecule has 0 amide bonds. The van der Waals surface area contributed by atoms with Gasteiger partial charge in [-0.25, -0.2) is 0 Å². The van der Waals surface area contributed by atoms with Crippen LogP contribution in [0.25, 0.3) is 77.9 Å². The summed E-state index contributed by atoms with van der Waals surface area (Å²) >= 11 is 0. The molecule has 10 rings (SSSR count). The maximum Gasteiger partial charge on any atom is 0.0474 e. The van der Waals surface area contributed by atoms with Crippen LogP contribution in [0.15, 0.2) is 261 Å². The maximum absolute atomic E-state index is 2.42. The maximum atomic E-state index is 2.42. The Balaban J connectivity index is 1.17. The molecule has 0 saturated heterocycles. The van der Waals surface area contributed by atoms with Crippen LogP contribution in [0.1, 0.15) is 0 Å². The van der Waals surface area contributed by atoms with Crippen LogP contribution < -0.4 is 4.90 Å². The quantitative estimate of drug-likeness (QED) is 0.134. The molecule has 0 bridgehead atoms. The molecule has 1 heteroatoms. The fourth-order valence-corrected chi connectivity index (χ4v) is 8.61. The van der Waals surface area contributed by atoms with E-state index in [-0.39, 0.29) is 0 Å². The Bertz CT molecular complexity index is 2970. The summed E-state index contributed by atoms with van der Waals surface area (Å²) in [6, 6.07) is 94.1. The van der Waals surface area contributed by atoms with Crippen LogP contribution in [-0.4, -0.2) is 0 Å². The highest BCUT2D eigenvalue weighted by atomic mass is 15.1. The van der Waals surface area contributed by atoms with Gasteiger partial charge in [-0.2, -0.15) is 0 Å².